The number of pyridine rings is 1. The molecule has 0 unspecified atom stereocenters. The number of benzene rings is 2. The summed E-state index contributed by atoms with van der Waals surface area (Å²) < 4.78 is 24.4. The van der Waals surface area contributed by atoms with Crippen LogP contribution in [0.25, 0.3) is 0 Å². The van der Waals surface area contributed by atoms with Crippen molar-refractivity contribution in [1.82, 2.24) is 10.3 Å². The van der Waals surface area contributed by atoms with E-state index in [4.69, 9.17) is 21.1 Å². The fourth-order valence-electron chi connectivity index (χ4n) is 2.59. The van der Waals surface area contributed by atoms with Crippen molar-refractivity contribution in [3.63, 3.8) is 0 Å². The molecule has 1 aromatic heterocycles. The molecular formula is C21H20ClFN2O2. The second kappa shape index (κ2) is 9.35. The van der Waals surface area contributed by atoms with Crippen molar-refractivity contribution in [2.45, 2.75) is 19.7 Å². The van der Waals surface area contributed by atoms with Crippen LogP contribution < -0.4 is 14.8 Å². The van der Waals surface area contributed by atoms with E-state index in [2.05, 4.69) is 10.3 Å². The fraction of sp³-hybridized carbons (Fsp3) is 0.190. The number of hydrogen-bond donors (Lipinski definition) is 1. The monoisotopic (exact) mass is 386 g/mol. The number of methoxy groups -OCH3 is 1. The van der Waals surface area contributed by atoms with Gasteiger partial charge in [0.25, 0.3) is 0 Å². The van der Waals surface area contributed by atoms with E-state index in [0.29, 0.717) is 28.6 Å². The van der Waals surface area contributed by atoms with Crippen molar-refractivity contribution in [1.29, 1.82) is 0 Å². The van der Waals surface area contributed by atoms with Gasteiger partial charge in [-0.15, -0.1) is 0 Å². The summed E-state index contributed by atoms with van der Waals surface area (Å²) in [6.07, 6.45) is 3.59. The number of aromatic nitrogens is 1. The number of nitrogens with one attached hydrogen (secondary N) is 1. The zero-order valence-corrected chi connectivity index (χ0v) is 15.7. The highest BCUT2D eigenvalue weighted by Crippen LogP contribution is 2.29. The minimum Gasteiger partial charge on any atom is -0.493 e. The van der Waals surface area contributed by atoms with Crippen molar-refractivity contribution < 1.29 is 13.9 Å². The molecule has 0 aliphatic rings. The van der Waals surface area contributed by atoms with Crippen molar-refractivity contribution >= 4 is 11.6 Å². The zero-order valence-electron chi connectivity index (χ0n) is 14.9. The maximum Gasteiger partial charge on any atom is 0.161 e. The standard InChI is InChI=1S/C21H20ClFN2O2/c1-26-21-9-15(11-25-13-16-3-2-8-24-12-16)4-7-20(21)27-14-17-5-6-18(23)10-19(17)22/h2-10,12,25H,11,13-14H2,1H3. The quantitative estimate of drug-likeness (QED) is 0.606. The van der Waals surface area contributed by atoms with Gasteiger partial charge in [0.05, 0.1) is 12.1 Å². The van der Waals surface area contributed by atoms with Gasteiger partial charge in [-0.1, -0.05) is 29.8 Å². The Hall–Kier alpha value is -2.63. The molecule has 6 heteroatoms. The molecule has 0 aliphatic carbocycles. The summed E-state index contributed by atoms with van der Waals surface area (Å²) in [5, 5.41) is 3.71. The Morgan fingerprint density at radius 2 is 1.89 bits per heavy atom. The van der Waals surface area contributed by atoms with Gasteiger partial charge in [-0.25, -0.2) is 4.39 Å². The second-order valence-electron chi connectivity index (χ2n) is 5.97. The minimum atomic E-state index is -0.371. The molecule has 140 valence electrons. The summed E-state index contributed by atoms with van der Waals surface area (Å²) in [7, 11) is 1.60. The van der Waals surface area contributed by atoms with Crippen LogP contribution in [0.2, 0.25) is 5.02 Å². The fourth-order valence-corrected chi connectivity index (χ4v) is 2.81. The summed E-state index contributed by atoms with van der Waals surface area (Å²) in [6, 6.07) is 13.9. The SMILES string of the molecule is COc1cc(CNCc2cccnc2)ccc1OCc1ccc(F)cc1Cl. The molecule has 0 amide bonds. The third kappa shape index (κ3) is 5.42. The van der Waals surface area contributed by atoms with E-state index in [1.165, 1.54) is 12.1 Å². The van der Waals surface area contributed by atoms with Crippen molar-refractivity contribution in [2.75, 3.05) is 7.11 Å². The molecule has 3 rings (SSSR count). The molecule has 1 N–H and O–H groups in total. The molecule has 0 fully saturated rings. The molecule has 0 spiro atoms. The Bertz CT molecular complexity index is 891. The molecule has 0 bridgehead atoms. The van der Waals surface area contributed by atoms with Gasteiger partial charge in [0.1, 0.15) is 12.4 Å². The third-order valence-electron chi connectivity index (χ3n) is 4.01. The number of rotatable bonds is 8. The molecule has 4 nitrogen and oxygen atoms in total. The first-order chi connectivity index (χ1) is 13.2. The number of nitrogens with zero attached hydrogens (tertiary/aromatic N) is 1. The molecule has 0 saturated heterocycles. The maximum absolute atomic E-state index is 13.1. The van der Waals surface area contributed by atoms with E-state index in [9.17, 15) is 4.39 Å². The molecule has 1 heterocycles. The van der Waals surface area contributed by atoms with Gasteiger partial charge in [-0.05, 0) is 41.5 Å². The summed E-state index contributed by atoms with van der Waals surface area (Å²) in [5.74, 6) is 0.868. The van der Waals surface area contributed by atoms with E-state index < -0.39 is 0 Å². The van der Waals surface area contributed by atoms with Gasteiger partial charge in [-0.3, -0.25) is 4.98 Å². The summed E-state index contributed by atoms with van der Waals surface area (Å²) in [5.41, 5.74) is 2.91. The highest BCUT2D eigenvalue weighted by atomic mass is 35.5. The predicted octanol–water partition coefficient (Wildman–Crippen LogP) is 4.75. The highest BCUT2D eigenvalue weighted by Gasteiger charge is 2.08. The molecule has 0 aliphatic heterocycles. The lowest BCUT2D eigenvalue weighted by molar-refractivity contribution is 0.284. The van der Waals surface area contributed by atoms with Gasteiger partial charge in [0, 0.05) is 31.0 Å². The Balaban J connectivity index is 1.60. The topological polar surface area (TPSA) is 43.4 Å². The molecule has 0 saturated carbocycles. The summed E-state index contributed by atoms with van der Waals surface area (Å²) >= 11 is 6.04. The predicted molar refractivity (Wildman–Crippen MR) is 104 cm³/mol. The van der Waals surface area contributed by atoms with Gasteiger partial charge in [0.15, 0.2) is 11.5 Å². The summed E-state index contributed by atoms with van der Waals surface area (Å²) in [6.45, 7) is 1.65. The van der Waals surface area contributed by atoms with E-state index >= 15 is 0 Å². The van der Waals surface area contributed by atoms with E-state index in [1.54, 1.807) is 19.4 Å². The van der Waals surface area contributed by atoms with Crippen LogP contribution in [0.3, 0.4) is 0 Å². The number of halogens is 2. The lowest BCUT2D eigenvalue weighted by Gasteiger charge is -2.13. The first kappa shape index (κ1) is 19.1. The molecular weight excluding hydrogens is 367 g/mol. The minimum absolute atomic E-state index is 0.230. The van der Waals surface area contributed by atoms with Crippen molar-refractivity contribution in [2.24, 2.45) is 0 Å². The smallest absolute Gasteiger partial charge is 0.161 e. The van der Waals surface area contributed by atoms with Crippen molar-refractivity contribution in [3.05, 3.63) is 88.5 Å². The average molecular weight is 387 g/mol. The van der Waals surface area contributed by atoms with Crippen LogP contribution in [-0.4, -0.2) is 12.1 Å². The zero-order chi connectivity index (χ0) is 19.1. The number of hydrogen-bond acceptors (Lipinski definition) is 4. The largest absolute Gasteiger partial charge is 0.493 e. The van der Waals surface area contributed by atoms with Crippen LogP contribution >= 0.6 is 11.6 Å². The van der Waals surface area contributed by atoms with Crippen LogP contribution in [0.1, 0.15) is 16.7 Å². The lowest BCUT2D eigenvalue weighted by Crippen LogP contribution is -2.12. The molecule has 0 radical (unpaired) electrons. The molecule has 3 aromatic rings. The first-order valence-electron chi connectivity index (χ1n) is 8.49. The maximum atomic E-state index is 13.1. The van der Waals surface area contributed by atoms with Crippen molar-refractivity contribution in [3.8, 4) is 11.5 Å². The normalized spacial score (nSPS) is 10.6. The Morgan fingerprint density at radius 3 is 2.63 bits per heavy atom. The van der Waals surface area contributed by atoms with Gasteiger partial charge in [-0.2, -0.15) is 0 Å². The highest BCUT2D eigenvalue weighted by molar-refractivity contribution is 6.31. The van der Waals surface area contributed by atoms with Gasteiger partial charge < -0.3 is 14.8 Å². The Morgan fingerprint density at radius 1 is 1.04 bits per heavy atom. The van der Waals surface area contributed by atoms with Crippen LogP contribution in [0.15, 0.2) is 60.9 Å². The number of ether oxygens (including phenoxy) is 2. The van der Waals surface area contributed by atoms with Crippen LogP contribution in [-0.2, 0) is 19.7 Å². The molecule has 27 heavy (non-hydrogen) atoms. The molecule has 0 atom stereocenters. The lowest BCUT2D eigenvalue weighted by atomic mass is 10.2. The summed E-state index contributed by atoms with van der Waals surface area (Å²) in [4.78, 5) is 4.10. The first-order valence-corrected chi connectivity index (χ1v) is 8.87. The van der Waals surface area contributed by atoms with Gasteiger partial charge in [0.2, 0.25) is 0 Å². The average Bonchev–Trinajstić information content (AvgIpc) is 2.68. The van der Waals surface area contributed by atoms with E-state index in [-0.39, 0.29) is 12.4 Å². The second-order valence-corrected chi connectivity index (χ2v) is 6.38. The van der Waals surface area contributed by atoms with Crippen LogP contribution in [0.4, 0.5) is 4.39 Å². The van der Waals surface area contributed by atoms with E-state index in [0.717, 1.165) is 17.7 Å². The van der Waals surface area contributed by atoms with Gasteiger partial charge >= 0.3 is 0 Å². The molecule has 2 aromatic carbocycles. The van der Waals surface area contributed by atoms with E-state index in [1.807, 2.05) is 36.5 Å². The van der Waals surface area contributed by atoms with Crippen LogP contribution in [0.5, 0.6) is 11.5 Å². The Kier molecular flexibility index (Phi) is 6.63. The van der Waals surface area contributed by atoms with Crippen LogP contribution in [0, 0.1) is 5.82 Å². The third-order valence-corrected chi connectivity index (χ3v) is 4.36. The Labute approximate surface area is 162 Å².